The first kappa shape index (κ1) is 19.1. The van der Waals surface area contributed by atoms with E-state index in [2.05, 4.69) is 29.4 Å². The van der Waals surface area contributed by atoms with Crippen LogP contribution in [-0.4, -0.2) is 43.4 Å². The second kappa shape index (κ2) is 9.33. The highest BCUT2D eigenvalue weighted by molar-refractivity contribution is 5.97. The second-order valence-electron chi connectivity index (χ2n) is 7.03. The number of carbonyl (C=O) groups excluding carboxylic acids is 2. The molecule has 0 atom stereocenters. The van der Waals surface area contributed by atoms with Crippen LogP contribution in [0.4, 0.5) is 5.69 Å². The Morgan fingerprint density at radius 2 is 1.85 bits per heavy atom. The third kappa shape index (κ3) is 5.41. The fourth-order valence-corrected chi connectivity index (χ4v) is 3.34. The summed E-state index contributed by atoms with van der Waals surface area (Å²) in [6.07, 6.45) is 2.41. The zero-order chi connectivity index (χ0) is 19.1. The van der Waals surface area contributed by atoms with E-state index in [9.17, 15) is 9.59 Å². The number of benzene rings is 2. The molecule has 0 aliphatic carbocycles. The molecule has 1 heterocycles. The minimum Gasteiger partial charge on any atom is -0.352 e. The molecule has 5 heteroatoms. The third-order valence-corrected chi connectivity index (χ3v) is 4.81. The van der Waals surface area contributed by atoms with Gasteiger partial charge < -0.3 is 15.1 Å². The number of hydrogen-bond donors (Lipinski definition) is 1. The van der Waals surface area contributed by atoms with E-state index in [4.69, 9.17) is 0 Å². The number of anilines is 1. The quantitative estimate of drug-likeness (QED) is 0.732. The molecule has 0 bridgehead atoms. The van der Waals surface area contributed by atoms with Gasteiger partial charge >= 0.3 is 0 Å². The van der Waals surface area contributed by atoms with Crippen LogP contribution in [0.15, 0.2) is 54.6 Å². The van der Waals surface area contributed by atoms with Gasteiger partial charge in [-0.05, 0) is 56.3 Å². The Labute approximate surface area is 161 Å². The maximum atomic E-state index is 12.3. The van der Waals surface area contributed by atoms with E-state index in [0.29, 0.717) is 18.5 Å². The van der Waals surface area contributed by atoms with Gasteiger partial charge in [-0.1, -0.05) is 30.3 Å². The normalized spacial score (nSPS) is 14.0. The lowest BCUT2D eigenvalue weighted by Gasteiger charge is -2.17. The fraction of sp³-hybridized carbons (Fsp3) is 0.364. The molecule has 142 valence electrons. The summed E-state index contributed by atoms with van der Waals surface area (Å²) in [5, 5.41) is 2.97. The van der Waals surface area contributed by atoms with Crippen molar-refractivity contribution >= 4 is 17.5 Å². The van der Waals surface area contributed by atoms with Crippen molar-refractivity contribution in [1.82, 2.24) is 10.2 Å². The van der Waals surface area contributed by atoms with E-state index in [1.54, 1.807) is 17.0 Å². The highest BCUT2D eigenvalue weighted by Crippen LogP contribution is 2.21. The van der Waals surface area contributed by atoms with Crippen LogP contribution in [-0.2, 0) is 11.3 Å². The number of nitrogens with one attached hydrogen (secondary N) is 1. The van der Waals surface area contributed by atoms with E-state index in [-0.39, 0.29) is 11.8 Å². The van der Waals surface area contributed by atoms with Crippen LogP contribution in [0.5, 0.6) is 0 Å². The first-order chi connectivity index (χ1) is 13.1. The van der Waals surface area contributed by atoms with Crippen LogP contribution < -0.4 is 10.2 Å². The molecule has 1 saturated heterocycles. The molecule has 0 saturated carbocycles. The second-order valence-corrected chi connectivity index (χ2v) is 7.03. The number of hydrogen-bond acceptors (Lipinski definition) is 3. The summed E-state index contributed by atoms with van der Waals surface area (Å²) >= 11 is 0. The van der Waals surface area contributed by atoms with Crippen molar-refractivity contribution in [2.75, 3.05) is 31.6 Å². The molecule has 1 N–H and O–H groups in total. The number of rotatable bonds is 8. The van der Waals surface area contributed by atoms with Gasteiger partial charge in [0.05, 0.1) is 0 Å². The summed E-state index contributed by atoms with van der Waals surface area (Å²) in [6, 6.07) is 17.7. The number of carbonyl (C=O) groups is 2. The van der Waals surface area contributed by atoms with Crippen LogP contribution in [0.1, 0.15) is 35.2 Å². The number of amides is 2. The van der Waals surface area contributed by atoms with Gasteiger partial charge in [0.15, 0.2) is 0 Å². The van der Waals surface area contributed by atoms with Crippen LogP contribution >= 0.6 is 0 Å². The molecular weight excluding hydrogens is 338 g/mol. The van der Waals surface area contributed by atoms with E-state index in [1.807, 2.05) is 30.3 Å². The van der Waals surface area contributed by atoms with Crippen LogP contribution in [0.2, 0.25) is 0 Å². The van der Waals surface area contributed by atoms with Gasteiger partial charge in [0.25, 0.3) is 5.91 Å². The Bertz CT molecular complexity index is 759. The summed E-state index contributed by atoms with van der Waals surface area (Å²) in [6.45, 7) is 3.24. The molecule has 1 aliphatic heterocycles. The van der Waals surface area contributed by atoms with Crippen LogP contribution in [0.3, 0.4) is 0 Å². The predicted molar refractivity (Wildman–Crippen MR) is 108 cm³/mol. The highest BCUT2D eigenvalue weighted by atomic mass is 16.2. The summed E-state index contributed by atoms with van der Waals surface area (Å²) in [4.78, 5) is 28.1. The van der Waals surface area contributed by atoms with Gasteiger partial charge in [0.2, 0.25) is 5.91 Å². The molecule has 0 aromatic heterocycles. The minimum atomic E-state index is -0.0694. The molecule has 1 fully saturated rings. The van der Waals surface area contributed by atoms with Gasteiger partial charge in [0, 0.05) is 37.3 Å². The third-order valence-electron chi connectivity index (χ3n) is 4.81. The Kier molecular flexibility index (Phi) is 6.60. The maximum Gasteiger partial charge on any atom is 0.251 e. The van der Waals surface area contributed by atoms with Crippen LogP contribution in [0, 0.1) is 0 Å². The lowest BCUT2D eigenvalue weighted by atomic mass is 10.2. The molecular formula is C22H27N3O2. The summed E-state index contributed by atoms with van der Waals surface area (Å²) in [5.74, 6) is 0.0897. The van der Waals surface area contributed by atoms with E-state index >= 15 is 0 Å². The van der Waals surface area contributed by atoms with Crippen molar-refractivity contribution in [2.24, 2.45) is 0 Å². The summed E-state index contributed by atoms with van der Waals surface area (Å²) in [7, 11) is 2.09. The van der Waals surface area contributed by atoms with Crippen molar-refractivity contribution in [3.63, 3.8) is 0 Å². The lowest BCUT2D eigenvalue weighted by molar-refractivity contribution is -0.117. The molecule has 3 rings (SSSR count). The first-order valence-corrected chi connectivity index (χ1v) is 9.54. The average molecular weight is 365 g/mol. The molecule has 27 heavy (non-hydrogen) atoms. The van der Waals surface area contributed by atoms with Gasteiger partial charge in [-0.2, -0.15) is 0 Å². The molecule has 2 aromatic carbocycles. The Balaban J connectivity index is 1.39. The zero-order valence-electron chi connectivity index (χ0n) is 15.9. The van der Waals surface area contributed by atoms with E-state index < -0.39 is 0 Å². The van der Waals surface area contributed by atoms with Crippen molar-refractivity contribution in [3.8, 4) is 0 Å². The average Bonchev–Trinajstić information content (AvgIpc) is 3.12. The maximum absolute atomic E-state index is 12.3. The lowest BCUT2D eigenvalue weighted by Crippen LogP contribution is -2.28. The first-order valence-electron chi connectivity index (χ1n) is 9.54. The zero-order valence-corrected chi connectivity index (χ0v) is 15.9. The van der Waals surface area contributed by atoms with Gasteiger partial charge in [0.1, 0.15) is 0 Å². The Hall–Kier alpha value is -2.66. The summed E-state index contributed by atoms with van der Waals surface area (Å²) in [5.41, 5.74) is 2.79. The molecule has 0 spiro atoms. The molecule has 2 amide bonds. The van der Waals surface area contributed by atoms with Crippen molar-refractivity contribution in [1.29, 1.82) is 0 Å². The Morgan fingerprint density at radius 3 is 2.52 bits per heavy atom. The largest absolute Gasteiger partial charge is 0.352 e. The topological polar surface area (TPSA) is 52.7 Å². The molecule has 2 aromatic rings. The van der Waals surface area contributed by atoms with Gasteiger partial charge in [-0.25, -0.2) is 0 Å². The summed E-state index contributed by atoms with van der Waals surface area (Å²) < 4.78 is 0. The van der Waals surface area contributed by atoms with E-state index in [1.165, 1.54) is 5.56 Å². The van der Waals surface area contributed by atoms with Crippen molar-refractivity contribution in [3.05, 3.63) is 65.7 Å². The molecule has 1 aliphatic rings. The van der Waals surface area contributed by atoms with Crippen LogP contribution in [0.25, 0.3) is 0 Å². The molecule has 5 nitrogen and oxygen atoms in total. The standard InChI is InChI=1S/C22H27N3O2/c1-24(17-18-7-3-2-4-8-18)15-6-14-23-22(27)19-10-12-20(13-11-19)25-16-5-9-21(25)26/h2-4,7-8,10-13H,5-6,9,14-17H2,1H3,(H,23,27). The monoisotopic (exact) mass is 365 g/mol. The van der Waals surface area contributed by atoms with E-state index in [0.717, 1.165) is 38.2 Å². The molecule has 0 unspecified atom stereocenters. The highest BCUT2D eigenvalue weighted by Gasteiger charge is 2.21. The predicted octanol–water partition coefficient (Wildman–Crippen LogP) is 3.07. The number of nitrogens with zero attached hydrogens (tertiary/aromatic N) is 2. The smallest absolute Gasteiger partial charge is 0.251 e. The van der Waals surface area contributed by atoms with Crippen molar-refractivity contribution in [2.45, 2.75) is 25.8 Å². The minimum absolute atomic E-state index is 0.0694. The SMILES string of the molecule is CN(CCCNC(=O)c1ccc(N2CCCC2=O)cc1)Cc1ccccc1. The van der Waals surface area contributed by atoms with Crippen molar-refractivity contribution < 1.29 is 9.59 Å². The fourth-order valence-electron chi connectivity index (χ4n) is 3.34. The van der Waals surface area contributed by atoms with Gasteiger partial charge in [-0.15, -0.1) is 0 Å². The van der Waals surface area contributed by atoms with Gasteiger partial charge in [-0.3, -0.25) is 9.59 Å². The Morgan fingerprint density at radius 1 is 1.11 bits per heavy atom. The molecule has 0 radical (unpaired) electrons.